The van der Waals surface area contributed by atoms with Crippen LogP contribution in [0.2, 0.25) is 0 Å². The molecule has 0 aliphatic carbocycles. The zero-order chi connectivity index (χ0) is 18.4. The normalized spacial score (nSPS) is 14.8. The molecule has 0 aliphatic rings. The minimum atomic E-state index is -9.71. The number of aromatic amines is 1. The van der Waals surface area contributed by atoms with E-state index in [2.05, 4.69) is 24.6 Å². The van der Waals surface area contributed by atoms with E-state index in [9.17, 15) is 24.2 Å². The van der Waals surface area contributed by atoms with Crippen molar-refractivity contribution in [3.05, 3.63) is 58.5 Å². The van der Waals surface area contributed by atoms with Crippen LogP contribution in [0.3, 0.4) is 0 Å². The number of nitrogens with zero attached hydrogens (tertiary/aromatic N) is 3. The van der Waals surface area contributed by atoms with Crippen LogP contribution in [0.15, 0.2) is 50.9 Å². The largest absolute Gasteiger partial charge is 0.439 e. The maximum Gasteiger partial charge on any atom is 0.439 e. The first kappa shape index (κ1) is 17.1. The quantitative estimate of drug-likeness (QED) is 0.690. The fourth-order valence-electron chi connectivity index (χ4n) is 2.08. The molecule has 0 bridgehead atoms. The highest BCUT2D eigenvalue weighted by Crippen LogP contribution is 3.02. The molecule has 0 saturated heterocycles. The van der Waals surface area contributed by atoms with Crippen LogP contribution in [0.1, 0.15) is 11.3 Å². The highest BCUT2D eigenvalue weighted by atomic mass is 32.5. The first-order valence-electron chi connectivity index (χ1n) is 6.62. The Morgan fingerprint density at radius 2 is 1.64 bits per heavy atom. The smallest absolute Gasteiger partial charge is 0.296 e. The van der Waals surface area contributed by atoms with Crippen molar-refractivity contribution in [2.24, 2.45) is 0 Å². The van der Waals surface area contributed by atoms with E-state index < -0.39 is 20.9 Å². The molecule has 25 heavy (non-hydrogen) atoms. The molecule has 2 heterocycles. The Hall–Kier alpha value is -2.76. The molecule has 0 radical (unpaired) electrons. The molecule has 0 aliphatic heterocycles. The molecule has 3 rings (SSSR count). The number of benzene rings is 1. The maximum absolute atomic E-state index is 12.7. The van der Waals surface area contributed by atoms with Gasteiger partial charge in [0, 0.05) is 18.8 Å². The van der Waals surface area contributed by atoms with Gasteiger partial charge in [-0.25, -0.2) is 9.78 Å². The second kappa shape index (κ2) is 4.88. The van der Waals surface area contributed by atoms with Crippen molar-refractivity contribution in [3.63, 3.8) is 0 Å². The molecule has 2 aromatic heterocycles. The number of halogens is 5. The highest BCUT2D eigenvalue weighted by Gasteiger charge is 2.65. The summed E-state index contributed by atoms with van der Waals surface area (Å²) in [5.41, 5.74) is 0.718. The average molecular weight is 380 g/mol. The minimum Gasteiger partial charge on any atom is -0.296 e. The van der Waals surface area contributed by atoms with Gasteiger partial charge in [0.05, 0.1) is 5.69 Å². The molecule has 0 fully saturated rings. The standard InChI is InChI=1S/C13H9F5N4O2S/c14-25(15,16,17,18)9-3-1-8(2-4-9)7-10-11(20-6-5-19-10)12-21-13(23)24-22-12/h1-6H,7H2,(H,21,22,23). The monoisotopic (exact) mass is 380 g/mol. The third kappa shape index (κ3) is 3.84. The lowest BCUT2D eigenvalue weighted by Gasteiger charge is -2.40. The molecule has 1 N–H and O–H groups in total. The summed E-state index contributed by atoms with van der Waals surface area (Å²) in [5, 5.41) is 3.46. The zero-order valence-electron chi connectivity index (χ0n) is 12.1. The molecule has 3 aromatic rings. The van der Waals surface area contributed by atoms with Crippen molar-refractivity contribution in [1.82, 2.24) is 20.1 Å². The van der Waals surface area contributed by atoms with Crippen molar-refractivity contribution in [1.29, 1.82) is 0 Å². The average Bonchev–Trinajstić information content (AvgIpc) is 2.92. The molecule has 134 valence electrons. The van der Waals surface area contributed by atoms with Gasteiger partial charge in [-0.05, 0) is 17.7 Å². The fourth-order valence-corrected chi connectivity index (χ4v) is 2.73. The number of hydrogen-bond donors (Lipinski definition) is 1. The van der Waals surface area contributed by atoms with E-state index in [-0.39, 0.29) is 29.2 Å². The van der Waals surface area contributed by atoms with Crippen LogP contribution in [0, 0.1) is 0 Å². The van der Waals surface area contributed by atoms with Crippen molar-refractivity contribution in [3.8, 4) is 11.5 Å². The second-order valence-corrected chi connectivity index (χ2v) is 7.49. The van der Waals surface area contributed by atoms with Crippen LogP contribution in [-0.4, -0.2) is 20.1 Å². The lowest BCUT2D eigenvalue weighted by molar-refractivity contribution is 0.364. The number of H-pyrrole nitrogens is 1. The van der Waals surface area contributed by atoms with Gasteiger partial charge in [-0.3, -0.25) is 14.5 Å². The van der Waals surface area contributed by atoms with E-state index in [1.54, 1.807) is 0 Å². The lowest BCUT2D eigenvalue weighted by Crippen LogP contribution is -2.06. The molecule has 0 unspecified atom stereocenters. The Balaban J connectivity index is 1.93. The summed E-state index contributed by atoms with van der Waals surface area (Å²) in [7, 11) is -9.71. The first-order chi connectivity index (χ1) is 11.4. The number of hydrogen-bond acceptors (Lipinski definition) is 5. The zero-order valence-corrected chi connectivity index (χ0v) is 12.9. The van der Waals surface area contributed by atoms with Crippen LogP contribution < -0.4 is 5.76 Å². The maximum atomic E-state index is 12.7. The molecule has 6 nitrogen and oxygen atoms in total. The van der Waals surface area contributed by atoms with Crippen molar-refractivity contribution >= 4 is 10.2 Å². The Morgan fingerprint density at radius 1 is 1.00 bits per heavy atom. The van der Waals surface area contributed by atoms with Gasteiger partial charge in [0.2, 0.25) is 5.82 Å². The summed E-state index contributed by atoms with van der Waals surface area (Å²) in [5.74, 6) is -0.816. The fraction of sp³-hybridized carbons (Fsp3) is 0.0769. The van der Waals surface area contributed by atoms with Gasteiger partial charge in [-0.2, -0.15) is 0 Å². The Morgan fingerprint density at radius 3 is 2.20 bits per heavy atom. The summed E-state index contributed by atoms with van der Waals surface area (Å²) < 4.78 is 68.0. The SMILES string of the molecule is O=c1[nH]c(-c2nccnc2Cc2ccc(S(F)(F)(F)(F)F)cc2)no1. The second-order valence-electron chi connectivity index (χ2n) is 5.08. The van der Waals surface area contributed by atoms with Gasteiger partial charge < -0.3 is 0 Å². The van der Waals surface area contributed by atoms with Crippen molar-refractivity contribution in [2.45, 2.75) is 11.3 Å². The number of aromatic nitrogens is 4. The third-order valence-electron chi connectivity index (χ3n) is 3.18. The van der Waals surface area contributed by atoms with Gasteiger partial charge in [0.1, 0.15) is 10.6 Å². The van der Waals surface area contributed by atoms with Gasteiger partial charge in [0.15, 0.2) is 0 Å². The topological polar surface area (TPSA) is 84.7 Å². The molecule has 0 amide bonds. The predicted octanol–water partition coefficient (Wildman–Crippen LogP) is 4.07. The molecular formula is C13H9F5N4O2S. The van der Waals surface area contributed by atoms with E-state index in [4.69, 9.17) is 0 Å². The summed E-state index contributed by atoms with van der Waals surface area (Å²) in [6.45, 7) is 0. The molecule has 1 aromatic carbocycles. The summed E-state index contributed by atoms with van der Waals surface area (Å²) >= 11 is 0. The van der Waals surface area contributed by atoms with Crippen LogP contribution >= 0.6 is 10.2 Å². The molecule has 0 spiro atoms. The molecular weight excluding hydrogens is 371 g/mol. The molecule has 0 atom stereocenters. The third-order valence-corrected chi connectivity index (χ3v) is 4.34. The van der Waals surface area contributed by atoms with Gasteiger partial charge in [-0.1, -0.05) is 36.7 Å². The Labute approximate surface area is 136 Å². The Kier molecular flexibility index (Phi) is 3.33. The van der Waals surface area contributed by atoms with Gasteiger partial charge in [-0.15, -0.1) is 0 Å². The van der Waals surface area contributed by atoms with E-state index in [0.717, 1.165) is 12.1 Å². The number of rotatable bonds is 4. The van der Waals surface area contributed by atoms with Crippen LogP contribution in [0.25, 0.3) is 11.5 Å². The summed E-state index contributed by atoms with van der Waals surface area (Å²) in [6.07, 6.45) is 2.64. The predicted molar refractivity (Wildman–Crippen MR) is 78.8 cm³/mol. The molecule has 0 saturated carbocycles. The van der Waals surface area contributed by atoms with E-state index in [0.29, 0.717) is 12.1 Å². The van der Waals surface area contributed by atoms with Gasteiger partial charge >= 0.3 is 16.0 Å². The van der Waals surface area contributed by atoms with Crippen LogP contribution in [0.5, 0.6) is 0 Å². The summed E-state index contributed by atoms with van der Waals surface area (Å²) in [6, 6.07) is 2.50. The minimum absolute atomic E-state index is 0.00303. The van der Waals surface area contributed by atoms with E-state index in [1.165, 1.54) is 12.4 Å². The summed E-state index contributed by atoms with van der Waals surface area (Å²) in [4.78, 5) is 19.3. The van der Waals surface area contributed by atoms with Crippen molar-refractivity contribution in [2.75, 3.05) is 0 Å². The van der Waals surface area contributed by atoms with Gasteiger partial charge in [0.25, 0.3) is 0 Å². The van der Waals surface area contributed by atoms with E-state index in [1.807, 2.05) is 0 Å². The molecule has 12 heteroatoms. The number of nitrogens with one attached hydrogen (secondary N) is 1. The van der Waals surface area contributed by atoms with Crippen molar-refractivity contribution < 1.29 is 24.0 Å². The van der Waals surface area contributed by atoms with Crippen LogP contribution in [-0.2, 0) is 6.42 Å². The lowest BCUT2D eigenvalue weighted by atomic mass is 10.1. The van der Waals surface area contributed by atoms with E-state index >= 15 is 0 Å². The highest BCUT2D eigenvalue weighted by molar-refractivity contribution is 8.45. The van der Waals surface area contributed by atoms with Crippen LogP contribution in [0.4, 0.5) is 19.4 Å². The first-order valence-corrected chi connectivity index (χ1v) is 8.57. The Bertz CT molecular complexity index is 983.